The molecule has 0 atom stereocenters. The van der Waals surface area contributed by atoms with Crippen molar-refractivity contribution in [2.75, 3.05) is 39.4 Å². The van der Waals surface area contributed by atoms with Gasteiger partial charge in [-0.2, -0.15) is 4.31 Å². The van der Waals surface area contributed by atoms with Crippen LogP contribution in [-0.2, 0) is 10.0 Å². The number of hydrogen-bond donors (Lipinski definition) is 0. The highest BCUT2D eigenvalue weighted by Gasteiger charge is 2.32. The summed E-state index contributed by atoms with van der Waals surface area (Å²) in [5, 5.41) is 0.402. The lowest BCUT2D eigenvalue weighted by molar-refractivity contribution is 0.0666. The second-order valence-electron chi connectivity index (χ2n) is 7.47. The Kier molecular flexibility index (Phi) is 5.10. The molecule has 166 valence electrons. The van der Waals surface area contributed by atoms with Gasteiger partial charge in [-0.15, -0.1) is 0 Å². The largest absolute Gasteiger partial charge is 0.486 e. The summed E-state index contributed by atoms with van der Waals surface area (Å²) in [4.78, 5) is 26.8. The Morgan fingerprint density at radius 2 is 1.59 bits per heavy atom. The molecule has 0 saturated carbocycles. The lowest BCUT2D eigenvalue weighted by Gasteiger charge is -2.33. The summed E-state index contributed by atoms with van der Waals surface area (Å²) >= 11 is 0. The van der Waals surface area contributed by atoms with Gasteiger partial charge in [0.05, 0.1) is 10.3 Å². The van der Waals surface area contributed by atoms with Gasteiger partial charge in [-0.1, -0.05) is 12.1 Å². The molecule has 3 heterocycles. The Hall–Kier alpha value is -3.37. The zero-order valence-corrected chi connectivity index (χ0v) is 17.8. The standard InChI is InChI=1S/C22H20N2O7S/c25-17-14-21(31-18-4-2-1-3-16(17)18)22(26)23-7-9-24(10-8-23)32(27,28)15-5-6-19-20(13-15)30-12-11-29-19/h1-6,13-14H,7-12H2. The number of piperazine rings is 1. The molecule has 1 amide bonds. The normalized spacial score (nSPS) is 16.8. The zero-order chi connectivity index (χ0) is 22.3. The summed E-state index contributed by atoms with van der Waals surface area (Å²) in [6.07, 6.45) is 0. The fourth-order valence-corrected chi connectivity index (χ4v) is 5.27. The van der Waals surface area contributed by atoms with Crippen LogP contribution in [-0.4, -0.2) is 62.9 Å². The third kappa shape index (κ3) is 3.61. The number of benzene rings is 2. The zero-order valence-electron chi connectivity index (χ0n) is 17.0. The smallest absolute Gasteiger partial charge is 0.289 e. The molecule has 0 N–H and O–H groups in total. The lowest BCUT2D eigenvalue weighted by atomic mass is 10.2. The van der Waals surface area contributed by atoms with Crippen molar-refractivity contribution >= 4 is 26.9 Å². The number of ether oxygens (including phenoxy) is 2. The van der Waals surface area contributed by atoms with Crippen molar-refractivity contribution in [3.63, 3.8) is 0 Å². The monoisotopic (exact) mass is 456 g/mol. The minimum Gasteiger partial charge on any atom is -0.486 e. The van der Waals surface area contributed by atoms with Crippen LogP contribution in [0.3, 0.4) is 0 Å². The van der Waals surface area contributed by atoms with Crippen LogP contribution in [0.5, 0.6) is 11.5 Å². The van der Waals surface area contributed by atoms with E-state index in [0.717, 1.165) is 0 Å². The van der Waals surface area contributed by atoms with E-state index in [0.29, 0.717) is 35.7 Å². The molecule has 2 aliphatic rings. The van der Waals surface area contributed by atoms with Crippen molar-refractivity contribution < 1.29 is 27.1 Å². The van der Waals surface area contributed by atoms with Crippen molar-refractivity contribution in [2.24, 2.45) is 0 Å². The first-order valence-electron chi connectivity index (χ1n) is 10.2. The summed E-state index contributed by atoms with van der Waals surface area (Å²) in [5.41, 5.74) is 0.0400. The van der Waals surface area contributed by atoms with Gasteiger partial charge >= 0.3 is 0 Å². The molecule has 0 bridgehead atoms. The summed E-state index contributed by atoms with van der Waals surface area (Å²) in [7, 11) is -3.76. The van der Waals surface area contributed by atoms with E-state index in [2.05, 4.69) is 0 Å². The van der Waals surface area contributed by atoms with E-state index in [1.54, 1.807) is 30.3 Å². The Bertz CT molecular complexity index is 1360. The van der Waals surface area contributed by atoms with Crippen molar-refractivity contribution in [3.8, 4) is 11.5 Å². The summed E-state index contributed by atoms with van der Waals surface area (Å²) in [5.74, 6) is 0.418. The average molecular weight is 456 g/mol. The minimum atomic E-state index is -3.76. The van der Waals surface area contributed by atoms with E-state index < -0.39 is 15.9 Å². The molecule has 0 radical (unpaired) electrons. The molecule has 1 saturated heterocycles. The number of amides is 1. The molecule has 9 nitrogen and oxygen atoms in total. The Balaban J connectivity index is 1.31. The molecule has 0 aliphatic carbocycles. The van der Waals surface area contributed by atoms with Crippen molar-refractivity contribution in [2.45, 2.75) is 4.90 Å². The van der Waals surface area contributed by atoms with Gasteiger partial charge in [0.15, 0.2) is 22.7 Å². The van der Waals surface area contributed by atoms with Crippen molar-refractivity contribution in [3.05, 3.63) is 64.5 Å². The van der Waals surface area contributed by atoms with Gasteiger partial charge in [-0.3, -0.25) is 9.59 Å². The van der Waals surface area contributed by atoms with Gasteiger partial charge in [-0.25, -0.2) is 8.42 Å². The number of carbonyl (C=O) groups is 1. The Morgan fingerprint density at radius 3 is 2.38 bits per heavy atom. The van der Waals surface area contributed by atoms with Crippen molar-refractivity contribution in [1.82, 2.24) is 9.21 Å². The molecular weight excluding hydrogens is 436 g/mol. The van der Waals surface area contributed by atoms with Gasteiger partial charge in [0.25, 0.3) is 5.91 Å². The molecular formula is C22H20N2O7S. The first kappa shape index (κ1) is 20.5. The molecule has 1 aromatic heterocycles. The Morgan fingerprint density at radius 1 is 0.875 bits per heavy atom. The van der Waals surface area contributed by atoms with Crippen LogP contribution in [0.25, 0.3) is 11.0 Å². The van der Waals surface area contributed by atoms with E-state index >= 15 is 0 Å². The van der Waals surface area contributed by atoms with E-state index in [4.69, 9.17) is 13.9 Å². The lowest BCUT2D eigenvalue weighted by Crippen LogP contribution is -2.50. The van der Waals surface area contributed by atoms with Crippen LogP contribution < -0.4 is 14.9 Å². The molecule has 5 rings (SSSR count). The maximum absolute atomic E-state index is 13.1. The van der Waals surface area contributed by atoms with Gasteiger partial charge in [0.2, 0.25) is 10.0 Å². The molecule has 1 fully saturated rings. The number of para-hydroxylation sites is 1. The van der Waals surface area contributed by atoms with Gasteiger partial charge in [-0.05, 0) is 24.3 Å². The highest BCUT2D eigenvalue weighted by atomic mass is 32.2. The number of fused-ring (bicyclic) bond motifs is 2. The maximum Gasteiger partial charge on any atom is 0.289 e. The summed E-state index contributed by atoms with van der Waals surface area (Å²) in [6.45, 7) is 1.40. The maximum atomic E-state index is 13.1. The van der Waals surface area contributed by atoms with Crippen LogP contribution in [0.1, 0.15) is 10.6 Å². The predicted octanol–water partition coefficient (Wildman–Crippen LogP) is 1.71. The number of sulfonamides is 1. The SMILES string of the molecule is O=C(c1cc(=O)c2ccccc2o1)N1CCN(S(=O)(=O)c2ccc3c(c2)OCCO3)CC1. The van der Waals surface area contributed by atoms with Crippen molar-refractivity contribution in [1.29, 1.82) is 0 Å². The van der Waals surface area contributed by atoms with E-state index in [-0.39, 0.29) is 42.3 Å². The van der Waals surface area contributed by atoms with Gasteiger partial charge in [0.1, 0.15) is 18.8 Å². The summed E-state index contributed by atoms with van der Waals surface area (Å²) < 4.78 is 44.0. The van der Waals surface area contributed by atoms with Crippen LogP contribution in [0.15, 0.2) is 62.6 Å². The Labute approximate surface area is 183 Å². The van der Waals surface area contributed by atoms with E-state index in [1.165, 1.54) is 27.4 Å². The quantitative estimate of drug-likeness (QED) is 0.591. The molecule has 10 heteroatoms. The first-order valence-corrected chi connectivity index (χ1v) is 11.6. The van der Waals surface area contributed by atoms with Crippen LogP contribution >= 0.6 is 0 Å². The molecule has 32 heavy (non-hydrogen) atoms. The van der Waals surface area contributed by atoms with Crippen LogP contribution in [0.2, 0.25) is 0 Å². The van der Waals surface area contributed by atoms with Gasteiger partial charge in [0, 0.05) is 38.3 Å². The second-order valence-corrected chi connectivity index (χ2v) is 9.41. The highest BCUT2D eigenvalue weighted by Crippen LogP contribution is 2.33. The van der Waals surface area contributed by atoms with Gasteiger partial charge < -0.3 is 18.8 Å². The minimum absolute atomic E-state index is 0.0585. The first-order chi connectivity index (χ1) is 15.4. The molecule has 3 aromatic rings. The molecule has 0 unspecified atom stereocenters. The fourth-order valence-electron chi connectivity index (χ4n) is 3.83. The third-order valence-corrected chi connectivity index (χ3v) is 7.42. The van der Waals surface area contributed by atoms with E-state index in [9.17, 15) is 18.0 Å². The van der Waals surface area contributed by atoms with Crippen LogP contribution in [0, 0.1) is 0 Å². The number of rotatable bonds is 3. The highest BCUT2D eigenvalue weighted by molar-refractivity contribution is 7.89. The molecule has 2 aromatic carbocycles. The second kappa shape index (κ2) is 7.95. The predicted molar refractivity (Wildman–Crippen MR) is 115 cm³/mol. The molecule has 2 aliphatic heterocycles. The number of nitrogens with zero attached hydrogens (tertiary/aromatic N) is 2. The third-order valence-electron chi connectivity index (χ3n) is 5.52. The van der Waals surface area contributed by atoms with Crippen LogP contribution in [0.4, 0.5) is 0 Å². The summed E-state index contributed by atoms with van der Waals surface area (Å²) in [6, 6.07) is 12.4. The fraction of sp³-hybridized carbons (Fsp3) is 0.273. The number of carbonyl (C=O) groups excluding carboxylic acids is 1. The molecule has 0 spiro atoms. The van der Waals surface area contributed by atoms with E-state index in [1.807, 2.05) is 0 Å². The topological polar surface area (TPSA) is 106 Å². The average Bonchev–Trinajstić information content (AvgIpc) is 2.83. The number of hydrogen-bond acceptors (Lipinski definition) is 7.